The second-order valence-electron chi connectivity index (χ2n) is 4.84. The summed E-state index contributed by atoms with van der Waals surface area (Å²) in [7, 11) is 0. The van der Waals surface area contributed by atoms with Crippen molar-refractivity contribution in [2.45, 2.75) is 37.7 Å². The van der Waals surface area contributed by atoms with Crippen LogP contribution >= 0.6 is 0 Å². The highest BCUT2D eigenvalue weighted by Gasteiger charge is 2.34. The molecule has 3 nitrogen and oxygen atoms in total. The Kier molecular flexibility index (Phi) is 3.79. The molecule has 2 rings (SSSR count). The van der Waals surface area contributed by atoms with Crippen LogP contribution < -0.4 is 5.32 Å². The lowest BCUT2D eigenvalue weighted by molar-refractivity contribution is -0.123. The number of aliphatic hydroxyl groups is 1. The standard InChI is InChI=1S/C14H19NO2/c16-13(15-11-14(17)9-4-10-14)8-7-12-5-2-1-3-6-12/h1-3,5-6,17H,4,7-11H2,(H,15,16). The normalized spacial score (nSPS) is 17.2. The van der Waals surface area contributed by atoms with Gasteiger partial charge in [0.1, 0.15) is 0 Å². The van der Waals surface area contributed by atoms with Crippen molar-refractivity contribution in [2.24, 2.45) is 0 Å². The molecule has 92 valence electrons. The molecule has 0 atom stereocenters. The first kappa shape index (κ1) is 12.1. The quantitative estimate of drug-likeness (QED) is 0.812. The summed E-state index contributed by atoms with van der Waals surface area (Å²) >= 11 is 0. The van der Waals surface area contributed by atoms with Crippen LogP contribution in [-0.4, -0.2) is 23.2 Å². The van der Waals surface area contributed by atoms with E-state index in [1.165, 1.54) is 5.56 Å². The number of nitrogens with one attached hydrogen (secondary N) is 1. The van der Waals surface area contributed by atoms with Crippen molar-refractivity contribution in [1.29, 1.82) is 0 Å². The van der Waals surface area contributed by atoms with Gasteiger partial charge in [0.2, 0.25) is 5.91 Å². The minimum absolute atomic E-state index is 0.0224. The predicted molar refractivity (Wildman–Crippen MR) is 66.6 cm³/mol. The highest BCUT2D eigenvalue weighted by molar-refractivity contribution is 5.76. The molecule has 1 amide bonds. The van der Waals surface area contributed by atoms with Crippen molar-refractivity contribution in [3.8, 4) is 0 Å². The third kappa shape index (κ3) is 3.56. The molecule has 1 aliphatic carbocycles. The third-order valence-corrected chi connectivity index (χ3v) is 3.38. The van der Waals surface area contributed by atoms with E-state index in [0.29, 0.717) is 13.0 Å². The number of carbonyl (C=O) groups is 1. The van der Waals surface area contributed by atoms with Crippen LogP contribution in [0, 0.1) is 0 Å². The number of amides is 1. The highest BCUT2D eigenvalue weighted by atomic mass is 16.3. The minimum Gasteiger partial charge on any atom is -0.388 e. The maximum absolute atomic E-state index is 11.6. The number of hydrogen-bond donors (Lipinski definition) is 2. The van der Waals surface area contributed by atoms with Crippen LogP contribution in [-0.2, 0) is 11.2 Å². The van der Waals surface area contributed by atoms with Crippen LogP contribution in [0.15, 0.2) is 30.3 Å². The van der Waals surface area contributed by atoms with E-state index in [0.717, 1.165) is 25.7 Å². The van der Waals surface area contributed by atoms with Crippen molar-refractivity contribution < 1.29 is 9.90 Å². The first-order valence-electron chi connectivity index (χ1n) is 6.21. The minimum atomic E-state index is -0.623. The molecule has 1 aromatic rings. The summed E-state index contributed by atoms with van der Waals surface area (Å²) < 4.78 is 0. The van der Waals surface area contributed by atoms with Gasteiger partial charge in [0.15, 0.2) is 0 Å². The van der Waals surface area contributed by atoms with Crippen LogP contribution in [0.3, 0.4) is 0 Å². The number of aryl methyl sites for hydroxylation is 1. The summed E-state index contributed by atoms with van der Waals surface area (Å²) in [6.45, 7) is 0.403. The molecular formula is C14H19NO2. The first-order chi connectivity index (χ1) is 8.18. The zero-order valence-corrected chi connectivity index (χ0v) is 9.98. The van der Waals surface area contributed by atoms with Gasteiger partial charge in [0.05, 0.1) is 5.60 Å². The molecular weight excluding hydrogens is 214 g/mol. The lowest BCUT2D eigenvalue weighted by atomic mass is 9.80. The average molecular weight is 233 g/mol. The van der Waals surface area contributed by atoms with E-state index in [1.54, 1.807) is 0 Å². The van der Waals surface area contributed by atoms with E-state index in [-0.39, 0.29) is 5.91 Å². The molecule has 0 unspecified atom stereocenters. The lowest BCUT2D eigenvalue weighted by Gasteiger charge is -2.36. The monoisotopic (exact) mass is 233 g/mol. The Morgan fingerprint density at radius 3 is 2.59 bits per heavy atom. The van der Waals surface area contributed by atoms with Crippen molar-refractivity contribution >= 4 is 5.91 Å². The summed E-state index contributed by atoms with van der Waals surface area (Å²) in [5, 5.41) is 12.6. The third-order valence-electron chi connectivity index (χ3n) is 3.38. The summed E-state index contributed by atoms with van der Waals surface area (Å²) in [5.74, 6) is 0.0224. The Hall–Kier alpha value is -1.35. The van der Waals surface area contributed by atoms with Crippen LogP contribution in [0.5, 0.6) is 0 Å². The molecule has 1 aromatic carbocycles. The fraction of sp³-hybridized carbons (Fsp3) is 0.500. The Balaban J connectivity index is 1.67. The second kappa shape index (κ2) is 5.32. The Morgan fingerprint density at radius 2 is 2.00 bits per heavy atom. The zero-order chi connectivity index (χ0) is 12.1. The molecule has 1 aliphatic rings. The number of carbonyl (C=O) groups excluding carboxylic acids is 1. The molecule has 17 heavy (non-hydrogen) atoms. The second-order valence-corrected chi connectivity index (χ2v) is 4.84. The lowest BCUT2D eigenvalue weighted by Crippen LogP contribution is -2.47. The van der Waals surface area contributed by atoms with Gasteiger partial charge >= 0.3 is 0 Å². The first-order valence-corrected chi connectivity index (χ1v) is 6.21. The summed E-state index contributed by atoms with van der Waals surface area (Å²) in [5.41, 5.74) is 0.549. The van der Waals surface area contributed by atoms with Gasteiger partial charge in [0.25, 0.3) is 0 Å². The van der Waals surface area contributed by atoms with Crippen molar-refractivity contribution in [3.63, 3.8) is 0 Å². The van der Waals surface area contributed by atoms with E-state index < -0.39 is 5.60 Å². The van der Waals surface area contributed by atoms with E-state index in [2.05, 4.69) is 5.32 Å². The molecule has 0 spiro atoms. The Labute approximate surface area is 102 Å². The van der Waals surface area contributed by atoms with Gasteiger partial charge in [-0.1, -0.05) is 30.3 Å². The highest BCUT2D eigenvalue weighted by Crippen LogP contribution is 2.30. The van der Waals surface area contributed by atoms with Crippen molar-refractivity contribution in [3.05, 3.63) is 35.9 Å². The fourth-order valence-electron chi connectivity index (χ4n) is 2.02. The number of hydrogen-bond acceptors (Lipinski definition) is 2. The van der Waals surface area contributed by atoms with Gasteiger partial charge in [-0.25, -0.2) is 0 Å². The smallest absolute Gasteiger partial charge is 0.220 e. The van der Waals surface area contributed by atoms with Gasteiger partial charge in [0, 0.05) is 13.0 Å². The van der Waals surface area contributed by atoms with Gasteiger partial charge in [-0.05, 0) is 31.2 Å². The maximum atomic E-state index is 11.6. The molecule has 0 saturated heterocycles. The van der Waals surface area contributed by atoms with E-state index in [1.807, 2.05) is 30.3 Å². The Morgan fingerprint density at radius 1 is 1.29 bits per heavy atom. The summed E-state index contributed by atoms with van der Waals surface area (Å²) in [4.78, 5) is 11.6. The number of rotatable bonds is 5. The van der Waals surface area contributed by atoms with E-state index >= 15 is 0 Å². The van der Waals surface area contributed by atoms with Crippen molar-refractivity contribution in [1.82, 2.24) is 5.32 Å². The van der Waals surface area contributed by atoms with Gasteiger partial charge in [-0.3, -0.25) is 4.79 Å². The van der Waals surface area contributed by atoms with Crippen LogP contribution in [0.4, 0.5) is 0 Å². The molecule has 0 bridgehead atoms. The average Bonchev–Trinajstić information content (AvgIpc) is 2.33. The van der Waals surface area contributed by atoms with Crippen LogP contribution in [0.2, 0.25) is 0 Å². The molecule has 0 radical (unpaired) electrons. The van der Waals surface area contributed by atoms with Gasteiger partial charge < -0.3 is 10.4 Å². The molecule has 2 N–H and O–H groups in total. The van der Waals surface area contributed by atoms with Gasteiger partial charge in [-0.2, -0.15) is 0 Å². The topological polar surface area (TPSA) is 49.3 Å². The predicted octanol–water partition coefficient (Wildman–Crippen LogP) is 1.65. The maximum Gasteiger partial charge on any atom is 0.220 e. The molecule has 1 fully saturated rings. The summed E-state index contributed by atoms with van der Waals surface area (Å²) in [6, 6.07) is 9.96. The van der Waals surface area contributed by atoms with E-state index in [9.17, 15) is 9.90 Å². The van der Waals surface area contributed by atoms with Crippen LogP contribution in [0.25, 0.3) is 0 Å². The Bertz CT molecular complexity index is 371. The van der Waals surface area contributed by atoms with E-state index in [4.69, 9.17) is 0 Å². The SMILES string of the molecule is O=C(CCc1ccccc1)NCC1(O)CCC1. The fourth-order valence-corrected chi connectivity index (χ4v) is 2.02. The largest absolute Gasteiger partial charge is 0.388 e. The van der Waals surface area contributed by atoms with Gasteiger partial charge in [-0.15, -0.1) is 0 Å². The summed E-state index contributed by atoms with van der Waals surface area (Å²) in [6.07, 6.45) is 3.93. The molecule has 0 aromatic heterocycles. The molecule has 3 heteroatoms. The van der Waals surface area contributed by atoms with Crippen molar-refractivity contribution in [2.75, 3.05) is 6.54 Å². The zero-order valence-electron chi connectivity index (χ0n) is 9.98. The molecule has 0 heterocycles. The van der Waals surface area contributed by atoms with Crippen LogP contribution in [0.1, 0.15) is 31.2 Å². The molecule has 0 aliphatic heterocycles. The number of benzene rings is 1. The molecule has 1 saturated carbocycles.